The molecule has 56 heavy (non-hydrogen) atoms. The minimum Gasteiger partial charge on any atom is -0.355 e. The molecule has 0 bridgehead atoms. The van der Waals surface area contributed by atoms with Crippen molar-refractivity contribution in [2.24, 2.45) is 0 Å². The van der Waals surface area contributed by atoms with E-state index in [2.05, 4.69) is 10.6 Å². The highest BCUT2D eigenvalue weighted by Gasteiger charge is 2.34. The van der Waals surface area contributed by atoms with Crippen LogP contribution in [0, 0.1) is 13.8 Å². The second kappa shape index (κ2) is 18.7. The van der Waals surface area contributed by atoms with Crippen molar-refractivity contribution in [3.05, 3.63) is 142 Å². The molecule has 294 valence electrons. The molecule has 1 saturated heterocycles. The van der Waals surface area contributed by atoms with E-state index >= 15 is 0 Å². The fourth-order valence-electron chi connectivity index (χ4n) is 6.76. The predicted octanol–water partition coefficient (Wildman–Crippen LogP) is 6.02. The molecule has 2 N–H and O–H groups in total. The molecule has 4 aromatic carbocycles. The van der Waals surface area contributed by atoms with Crippen LogP contribution < -0.4 is 10.6 Å². The Morgan fingerprint density at radius 3 is 2.12 bits per heavy atom. The average Bonchev–Trinajstić information content (AvgIpc) is 3.18. The predicted molar refractivity (Wildman–Crippen MR) is 207 cm³/mol. The maximum Gasteiger partial charge on any atom is 0.416 e. The van der Waals surface area contributed by atoms with Gasteiger partial charge in [0, 0.05) is 50.5 Å². The van der Waals surface area contributed by atoms with Gasteiger partial charge in [-0.3, -0.25) is 24.0 Å². The number of nitrogens with one attached hydrogen (secondary N) is 2. The van der Waals surface area contributed by atoms with E-state index in [1.807, 2.05) is 38.1 Å². The number of ketones is 1. The van der Waals surface area contributed by atoms with Crippen LogP contribution in [0.25, 0.3) is 0 Å². The number of benzene rings is 4. The summed E-state index contributed by atoms with van der Waals surface area (Å²) in [6.07, 6.45) is -3.09. The van der Waals surface area contributed by atoms with Crippen molar-refractivity contribution in [2.45, 2.75) is 70.6 Å². The van der Waals surface area contributed by atoms with Gasteiger partial charge >= 0.3 is 6.18 Å². The minimum atomic E-state index is -4.51. The summed E-state index contributed by atoms with van der Waals surface area (Å²) < 4.78 is 39.7. The van der Waals surface area contributed by atoms with Gasteiger partial charge in [0.2, 0.25) is 23.6 Å². The number of aryl methyl sites for hydroxylation is 2. The van der Waals surface area contributed by atoms with Crippen molar-refractivity contribution in [2.75, 3.05) is 26.7 Å². The highest BCUT2D eigenvalue weighted by atomic mass is 19.4. The van der Waals surface area contributed by atoms with Crippen LogP contribution in [0.3, 0.4) is 0 Å². The van der Waals surface area contributed by atoms with Crippen molar-refractivity contribution in [3.63, 3.8) is 0 Å². The van der Waals surface area contributed by atoms with E-state index in [0.717, 1.165) is 28.8 Å². The Kier molecular flexibility index (Phi) is 13.8. The number of alkyl halides is 3. The zero-order valence-corrected chi connectivity index (χ0v) is 31.8. The molecule has 12 heteroatoms. The highest BCUT2D eigenvalue weighted by molar-refractivity contribution is 6.09. The summed E-state index contributed by atoms with van der Waals surface area (Å²) in [5, 5.41) is 5.72. The molecule has 1 fully saturated rings. The van der Waals surface area contributed by atoms with Crippen molar-refractivity contribution >= 4 is 29.4 Å². The SMILES string of the molecule is Cc1ccc(C[C@H]2C(=O)N[C@@H](Cc3ccc(C(=O)c4ccccc4)cc3)C(=O)N(CCc3ccc(C(F)(F)F)cc3)CC(=O)NCCCCC(=O)N2C)c(C)c1. The molecular formula is C44H47F3N4O5. The van der Waals surface area contributed by atoms with E-state index in [0.29, 0.717) is 35.1 Å². The van der Waals surface area contributed by atoms with Crippen LogP contribution in [-0.2, 0) is 44.6 Å². The summed E-state index contributed by atoms with van der Waals surface area (Å²) in [6.45, 7) is 3.77. The summed E-state index contributed by atoms with van der Waals surface area (Å²) in [4.78, 5) is 71.5. The first kappa shape index (κ1) is 41.4. The molecule has 1 heterocycles. The van der Waals surface area contributed by atoms with Gasteiger partial charge in [0.15, 0.2) is 5.78 Å². The number of hydrogen-bond donors (Lipinski definition) is 2. The maximum absolute atomic E-state index is 14.6. The van der Waals surface area contributed by atoms with Crippen LogP contribution in [0.2, 0.25) is 0 Å². The summed E-state index contributed by atoms with van der Waals surface area (Å²) in [5.41, 5.74) is 4.15. The minimum absolute atomic E-state index is 0.0171. The van der Waals surface area contributed by atoms with E-state index in [1.165, 1.54) is 21.9 Å². The second-order valence-electron chi connectivity index (χ2n) is 14.3. The first-order chi connectivity index (χ1) is 26.7. The number of nitrogens with zero attached hydrogens (tertiary/aromatic N) is 2. The molecule has 0 spiro atoms. The normalized spacial score (nSPS) is 17.8. The van der Waals surface area contributed by atoms with E-state index in [4.69, 9.17) is 0 Å². The molecule has 0 radical (unpaired) electrons. The Morgan fingerprint density at radius 1 is 0.804 bits per heavy atom. The van der Waals surface area contributed by atoms with Crippen molar-refractivity contribution < 1.29 is 37.1 Å². The Morgan fingerprint density at radius 2 is 1.46 bits per heavy atom. The fraction of sp³-hybridized carbons (Fsp3) is 0.341. The van der Waals surface area contributed by atoms with Crippen LogP contribution in [-0.4, -0.2) is 78.0 Å². The number of carbonyl (C=O) groups excluding carboxylic acids is 5. The van der Waals surface area contributed by atoms with Crippen LogP contribution in [0.5, 0.6) is 0 Å². The lowest BCUT2D eigenvalue weighted by atomic mass is 9.96. The number of rotatable bonds is 9. The molecule has 2 atom stereocenters. The van der Waals surface area contributed by atoms with E-state index < -0.39 is 41.5 Å². The molecule has 0 saturated carbocycles. The summed E-state index contributed by atoms with van der Waals surface area (Å²) in [7, 11) is 1.58. The standard InChI is InChI=1S/C44H47F3N4O5/c1-29-12-17-35(30(2)25-29)27-38-42(55)49-37(26-32-13-18-34(19-14-32)41(54)33-9-5-4-6-10-33)43(56)51(24-22-31-15-20-36(21-16-31)44(45,46)47)28-39(52)48-23-8-7-11-40(53)50(38)3/h4-6,9-10,12-21,25,37-38H,7-8,11,22-24,26-28H2,1-3H3,(H,48,52)(H,49,55)/t37-,38-/m0/s1. The molecule has 1 aliphatic rings. The number of hydrogen-bond acceptors (Lipinski definition) is 5. The monoisotopic (exact) mass is 768 g/mol. The van der Waals surface area contributed by atoms with Gasteiger partial charge in [-0.25, -0.2) is 0 Å². The summed E-state index contributed by atoms with van der Waals surface area (Å²) in [5.74, 6) is -2.03. The first-order valence-corrected chi connectivity index (χ1v) is 18.7. The van der Waals surface area contributed by atoms with Gasteiger partial charge in [-0.2, -0.15) is 13.2 Å². The van der Waals surface area contributed by atoms with Gasteiger partial charge in [-0.05, 0) is 67.5 Å². The number of carbonyl (C=O) groups is 5. The Labute approximate surface area is 325 Å². The molecule has 0 aliphatic carbocycles. The highest BCUT2D eigenvalue weighted by Crippen LogP contribution is 2.29. The van der Waals surface area contributed by atoms with Crippen LogP contribution in [0.4, 0.5) is 13.2 Å². The molecule has 9 nitrogen and oxygen atoms in total. The first-order valence-electron chi connectivity index (χ1n) is 18.7. The molecule has 0 unspecified atom stereocenters. The van der Waals surface area contributed by atoms with Gasteiger partial charge in [0.05, 0.1) is 12.1 Å². The van der Waals surface area contributed by atoms with Crippen LogP contribution in [0.15, 0.2) is 97.1 Å². The second-order valence-corrected chi connectivity index (χ2v) is 14.3. The Bertz CT molecular complexity index is 2020. The third kappa shape index (κ3) is 11.1. The van der Waals surface area contributed by atoms with Gasteiger partial charge in [0.25, 0.3) is 0 Å². The van der Waals surface area contributed by atoms with Crippen molar-refractivity contribution in [1.82, 2.24) is 20.4 Å². The van der Waals surface area contributed by atoms with Crippen LogP contribution in [0.1, 0.15) is 68.6 Å². The van der Waals surface area contributed by atoms with E-state index in [1.54, 1.807) is 55.6 Å². The zero-order valence-electron chi connectivity index (χ0n) is 31.8. The quantitative estimate of drug-likeness (QED) is 0.202. The summed E-state index contributed by atoms with van der Waals surface area (Å²) >= 11 is 0. The topological polar surface area (TPSA) is 116 Å². The largest absolute Gasteiger partial charge is 0.416 e. The third-order valence-corrected chi connectivity index (χ3v) is 10.1. The number of likely N-dealkylation sites (N-methyl/N-ethyl adjacent to an activating group) is 1. The molecule has 1 aliphatic heterocycles. The van der Waals surface area contributed by atoms with Crippen molar-refractivity contribution in [1.29, 1.82) is 0 Å². The molecule has 4 aromatic rings. The molecule has 5 rings (SSSR count). The smallest absolute Gasteiger partial charge is 0.355 e. The average molecular weight is 769 g/mol. The fourth-order valence-corrected chi connectivity index (χ4v) is 6.76. The number of amides is 4. The lowest BCUT2D eigenvalue weighted by Crippen LogP contribution is -2.57. The lowest BCUT2D eigenvalue weighted by molar-refractivity contribution is -0.142. The Balaban J connectivity index is 1.48. The van der Waals surface area contributed by atoms with Gasteiger partial charge in [-0.15, -0.1) is 0 Å². The zero-order chi connectivity index (χ0) is 40.4. The molecule has 0 aromatic heterocycles. The Hall–Kier alpha value is -5.78. The molecular weight excluding hydrogens is 722 g/mol. The lowest BCUT2D eigenvalue weighted by Gasteiger charge is -2.32. The van der Waals surface area contributed by atoms with Gasteiger partial charge in [0.1, 0.15) is 12.1 Å². The van der Waals surface area contributed by atoms with Crippen molar-refractivity contribution in [3.8, 4) is 0 Å². The van der Waals surface area contributed by atoms with Gasteiger partial charge in [-0.1, -0.05) is 90.5 Å². The van der Waals surface area contributed by atoms with Crippen LogP contribution >= 0.6 is 0 Å². The van der Waals surface area contributed by atoms with Gasteiger partial charge < -0.3 is 20.4 Å². The summed E-state index contributed by atoms with van der Waals surface area (Å²) in [6, 6.07) is 23.8. The third-order valence-electron chi connectivity index (χ3n) is 10.1. The van der Waals surface area contributed by atoms with E-state index in [9.17, 15) is 37.1 Å². The van der Waals surface area contributed by atoms with E-state index in [-0.39, 0.29) is 57.0 Å². The molecule has 4 amide bonds. The number of halogens is 3. The maximum atomic E-state index is 14.6.